The van der Waals surface area contributed by atoms with Gasteiger partial charge >= 0.3 is 0 Å². The lowest BCUT2D eigenvalue weighted by Gasteiger charge is -2.07. The van der Waals surface area contributed by atoms with Crippen LogP contribution in [0.3, 0.4) is 0 Å². The number of hydrogen-bond donors (Lipinski definition) is 0. The number of hydrogen-bond acceptors (Lipinski definition) is 3. The first-order chi connectivity index (χ1) is 8.54. The van der Waals surface area contributed by atoms with E-state index in [1.54, 1.807) is 12.1 Å². The van der Waals surface area contributed by atoms with Gasteiger partial charge in [0.2, 0.25) is 0 Å². The van der Waals surface area contributed by atoms with E-state index in [1.807, 2.05) is 18.5 Å². The molecule has 0 atom stereocenters. The SMILES string of the molecule is CCc1c(C)nn(-c2ccc(C(=O)[O-])cc2)c1C. The normalized spacial score (nSPS) is 10.6. The number of carbonyl (C=O) groups excluding carboxylic acids is 1. The summed E-state index contributed by atoms with van der Waals surface area (Å²) in [6, 6.07) is 6.55. The number of rotatable bonds is 3. The predicted molar refractivity (Wildman–Crippen MR) is 66.7 cm³/mol. The van der Waals surface area contributed by atoms with Crippen LogP contribution in [-0.4, -0.2) is 15.7 Å². The highest BCUT2D eigenvalue weighted by molar-refractivity contribution is 5.85. The van der Waals surface area contributed by atoms with Gasteiger partial charge in [0.1, 0.15) is 0 Å². The number of nitrogens with zero attached hydrogens (tertiary/aromatic N) is 2. The molecule has 0 saturated carbocycles. The van der Waals surface area contributed by atoms with Crippen LogP contribution in [0.5, 0.6) is 0 Å². The van der Waals surface area contributed by atoms with Gasteiger partial charge in [0.25, 0.3) is 0 Å². The van der Waals surface area contributed by atoms with Crippen molar-refractivity contribution in [3.8, 4) is 5.69 Å². The molecule has 4 nitrogen and oxygen atoms in total. The van der Waals surface area contributed by atoms with Crippen LogP contribution in [0.2, 0.25) is 0 Å². The van der Waals surface area contributed by atoms with Gasteiger partial charge in [-0.1, -0.05) is 19.1 Å². The van der Waals surface area contributed by atoms with Crippen molar-refractivity contribution < 1.29 is 9.90 Å². The van der Waals surface area contributed by atoms with Crippen LogP contribution in [0, 0.1) is 13.8 Å². The molecule has 0 radical (unpaired) electrons. The Hall–Kier alpha value is -2.10. The zero-order chi connectivity index (χ0) is 13.3. The summed E-state index contributed by atoms with van der Waals surface area (Å²) in [6.07, 6.45) is 0.939. The van der Waals surface area contributed by atoms with Gasteiger partial charge in [0, 0.05) is 5.69 Å². The summed E-state index contributed by atoms with van der Waals surface area (Å²) < 4.78 is 1.84. The van der Waals surface area contributed by atoms with Crippen molar-refractivity contribution in [2.75, 3.05) is 0 Å². The second-order valence-electron chi connectivity index (χ2n) is 4.25. The van der Waals surface area contributed by atoms with Crippen molar-refractivity contribution in [2.45, 2.75) is 27.2 Å². The Morgan fingerprint density at radius 2 is 1.89 bits per heavy atom. The summed E-state index contributed by atoms with van der Waals surface area (Å²) in [6.45, 7) is 6.10. The molecule has 4 heteroatoms. The Kier molecular flexibility index (Phi) is 3.19. The van der Waals surface area contributed by atoms with Crippen molar-refractivity contribution in [3.05, 3.63) is 46.8 Å². The van der Waals surface area contributed by atoms with Gasteiger partial charge in [-0.2, -0.15) is 5.10 Å². The lowest BCUT2D eigenvalue weighted by Crippen LogP contribution is -2.22. The average Bonchev–Trinajstić information content (AvgIpc) is 2.64. The zero-order valence-electron chi connectivity index (χ0n) is 10.7. The highest BCUT2D eigenvalue weighted by atomic mass is 16.4. The second kappa shape index (κ2) is 4.64. The third-order valence-corrected chi connectivity index (χ3v) is 3.14. The minimum Gasteiger partial charge on any atom is -0.545 e. The number of aryl methyl sites for hydroxylation is 1. The van der Waals surface area contributed by atoms with Crippen molar-refractivity contribution in [3.63, 3.8) is 0 Å². The fraction of sp³-hybridized carbons (Fsp3) is 0.286. The number of aromatic carboxylic acids is 1. The van der Waals surface area contributed by atoms with E-state index in [1.165, 1.54) is 17.7 Å². The van der Waals surface area contributed by atoms with Crippen molar-refractivity contribution in [1.29, 1.82) is 0 Å². The molecular formula is C14H15N2O2-. The Morgan fingerprint density at radius 3 is 2.33 bits per heavy atom. The van der Waals surface area contributed by atoms with Crippen molar-refractivity contribution >= 4 is 5.97 Å². The molecule has 0 aliphatic carbocycles. The van der Waals surface area contributed by atoms with Gasteiger partial charge in [0.05, 0.1) is 17.4 Å². The zero-order valence-corrected chi connectivity index (χ0v) is 10.7. The van der Waals surface area contributed by atoms with Crippen LogP contribution in [-0.2, 0) is 6.42 Å². The molecule has 1 heterocycles. The number of carboxylic acid groups (broad SMARTS) is 1. The van der Waals surface area contributed by atoms with Gasteiger partial charge in [-0.3, -0.25) is 0 Å². The average molecular weight is 243 g/mol. The Morgan fingerprint density at radius 1 is 1.28 bits per heavy atom. The molecule has 0 N–H and O–H groups in total. The summed E-state index contributed by atoms with van der Waals surface area (Å²) >= 11 is 0. The molecule has 0 bridgehead atoms. The Labute approximate surface area is 106 Å². The maximum absolute atomic E-state index is 10.7. The minimum atomic E-state index is -1.16. The highest BCUT2D eigenvalue weighted by Crippen LogP contribution is 2.18. The molecule has 0 unspecified atom stereocenters. The fourth-order valence-corrected chi connectivity index (χ4v) is 2.18. The third kappa shape index (κ3) is 2.01. The first-order valence-corrected chi connectivity index (χ1v) is 5.91. The predicted octanol–water partition coefficient (Wildman–Crippen LogP) is 1.42. The molecule has 2 aromatic rings. The molecule has 0 saturated heterocycles. The Bertz CT molecular complexity index is 583. The molecular weight excluding hydrogens is 228 g/mol. The van der Waals surface area contributed by atoms with E-state index < -0.39 is 5.97 Å². The first-order valence-electron chi connectivity index (χ1n) is 5.91. The van der Waals surface area contributed by atoms with Gasteiger partial charge in [0.15, 0.2) is 0 Å². The third-order valence-electron chi connectivity index (χ3n) is 3.14. The molecule has 94 valence electrons. The number of benzene rings is 1. The van der Waals surface area contributed by atoms with E-state index in [-0.39, 0.29) is 5.56 Å². The summed E-state index contributed by atoms with van der Waals surface area (Å²) in [5.41, 5.74) is 4.38. The van der Waals surface area contributed by atoms with Gasteiger partial charge in [-0.15, -0.1) is 0 Å². The summed E-state index contributed by atoms with van der Waals surface area (Å²) in [5, 5.41) is 15.2. The van der Waals surface area contributed by atoms with Crippen LogP contribution >= 0.6 is 0 Å². The molecule has 1 aromatic heterocycles. The van der Waals surface area contributed by atoms with Crippen LogP contribution < -0.4 is 5.11 Å². The van der Waals surface area contributed by atoms with Crippen molar-refractivity contribution in [2.24, 2.45) is 0 Å². The molecule has 1 aromatic carbocycles. The van der Waals surface area contributed by atoms with Gasteiger partial charge in [-0.05, 0) is 43.5 Å². The van der Waals surface area contributed by atoms with Crippen LogP contribution in [0.25, 0.3) is 5.69 Å². The van der Waals surface area contributed by atoms with E-state index in [0.29, 0.717) is 0 Å². The minimum absolute atomic E-state index is 0.177. The molecule has 0 aliphatic heterocycles. The van der Waals surface area contributed by atoms with Crippen LogP contribution in [0.1, 0.15) is 34.2 Å². The van der Waals surface area contributed by atoms with Crippen LogP contribution in [0.15, 0.2) is 24.3 Å². The number of carboxylic acids is 1. The van der Waals surface area contributed by atoms with E-state index in [2.05, 4.69) is 12.0 Å². The topological polar surface area (TPSA) is 58.0 Å². The summed E-state index contributed by atoms with van der Waals surface area (Å²) in [4.78, 5) is 10.7. The molecule has 0 fully saturated rings. The fourth-order valence-electron chi connectivity index (χ4n) is 2.18. The maximum atomic E-state index is 10.7. The Balaban J connectivity index is 2.46. The van der Waals surface area contributed by atoms with Crippen LogP contribution in [0.4, 0.5) is 0 Å². The lowest BCUT2D eigenvalue weighted by atomic mass is 10.1. The monoisotopic (exact) mass is 243 g/mol. The van der Waals surface area contributed by atoms with E-state index in [0.717, 1.165) is 23.5 Å². The lowest BCUT2D eigenvalue weighted by molar-refractivity contribution is -0.255. The summed E-state index contributed by atoms with van der Waals surface area (Å²) in [7, 11) is 0. The smallest absolute Gasteiger partial charge is 0.0715 e. The summed E-state index contributed by atoms with van der Waals surface area (Å²) in [5.74, 6) is -1.16. The quantitative estimate of drug-likeness (QED) is 0.819. The first kappa shape index (κ1) is 12.4. The van der Waals surface area contributed by atoms with E-state index in [4.69, 9.17) is 0 Å². The van der Waals surface area contributed by atoms with E-state index in [9.17, 15) is 9.90 Å². The molecule has 18 heavy (non-hydrogen) atoms. The molecule has 0 aliphatic rings. The standard InChI is InChI=1S/C14H16N2O2/c1-4-13-9(2)15-16(10(13)3)12-7-5-11(6-8-12)14(17)18/h5-8H,4H2,1-3H3,(H,17,18)/p-1. The van der Waals surface area contributed by atoms with Crippen molar-refractivity contribution in [1.82, 2.24) is 9.78 Å². The molecule has 0 spiro atoms. The van der Waals surface area contributed by atoms with E-state index >= 15 is 0 Å². The highest BCUT2D eigenvalue weighted by Gasteiger charge is 2.10. The second-order valence-corrected chi connectivity index (χ2v) is 4.25. The molecule has 0 amide bonds. The molecule has 2 rings (SSSR count). The maximum Gasteiger partial charge on any atom is 0.0715 e. The number of carbonyl (C=O) groups is 1. The largest absolute Gasteiger partial charge is 0.545 e. The van der Waals surface area contributed by atoms with Gasteiger partial charge < -0.3 is 9.90 Å². The number of aromatic nitrogens is 2. The van der Waals surface area contributed by atoms with Gasteiger partial charge in [-0.25, -0.2) is 4.68 Å².